The van der Waals surface area contributed by atoms with Gasteiger partial charge in [0, 0.05) is 30.6 Å². The van der Waals surface area contributed by atoms with Crippen molar-refractivity contribution in [3.05, 3.63) is 46.5 Å². The van der Waals surface area contributed by atoms with Crippen LogP contribution in [0.15, 0.2) is 41.4 Å². The first-order valence-corrected chi connectivity index (χ1v) is 10.5. The maximum absolute atomic E-state index is 13.2. The van der Waals surface area contributed by atoms with Gasteiger partial charge in [-0.3, -0.25) is 4.98 Å². The second-order valence-corrected chi connectivity index (χ2v) is 9.31. The molecule has 3 aromatic rings. The summed E-state index contributed by atoms with van der Waals surface area (Å²) in [4.78, 5) is 4.57. The molecule has 0 bridgehead atoms. The van der Waals surface area contributed by atoms with Crippen LogP contribution in [0.1, 0.15) is 28.8 Å². The van der Waals surface area contributed by atoms with E-state index in [0.717, 1.165) is 28.2 Å². The lowest BCUT2D eigenvalue weighted by Crippen LogP contribution is -2.39. The third-order valence-corrected chi connectivity index (χ3v) is 7.39. The summed E-state index contributed by atoms with van der Waals surface area (Å²) in [6, 6.07) is 8.98. The maximum atomic E-state index is 13.2. The quantitative estimate of drug-likeness (QED) is 0.704. The van der Waals surface area contributed by atoms with Crippen LogP contribution in [0.4, 0.5) is 0 Å². The Bertz CT molecular complexity index is 1010. The number of sulfonamides is 1. The average Bonchev–Trinajstić information content (AvgIpc) is 3.08. The normalized spacial score (nSPS) is 19.3. The number of hydrogen-bond acceptors (Lipinski definition) is 6. The molecule has 1 unspecified atom stereocenters. The fourth-order valence-electron chi connectivity index (χ4n) is 3.26. The van der Waals surface area contributed by atoms with E-state index in [1.807, 2.05) is 25.1 Å². The number of benzene rings is 1. The van der Waals surface area contributed by atoms with Gasteiger partial charge in [0.2, 0.25) is 10.0 Å². The highest BCUT2D eigenvalue weighted by Gasteiger charge is 2.33. The van der Waals surface area contributed by atoms with Crippen molar-refractivity contribution in [1.82, 2.24) is 19.5 Å². The third-order valence-electron chi connectivity index (χ3n) is 4.49. The number of piperidine rings is 1. The Morgan fingerprint density at radius 1 is 1.20 bits per heavy atom. The molecule has 8 heteroatoms. The van der Waals surface area contributed by atoms with Crippen LogP contribution in [0, 0.1) is 6.92 Å². The van der Waals surface area contributed by atoms with E-state index >= 15 is 0 Å². The monoisotopic (exact) mass is 374 g/mol. The summed E-state index contributed by atoms with van der Waals surface area (Å²) in [7, 11) is -3.60. The molecule has 130 valence electrons. The minimum atomic E-state index is -3.60. The molecule has 4 rings (SSSR count). The molecule has 1 saturated heterocycles. The zero-order valence-corrected chi connectivity index (χ0v) is 15.4. The number of hydrogen-bond donors (Lipinski definition) is 0. The first-order chi connectivity index (χ1) is 12.1. The molecule has 1 aromatic carbocycles. The highest BCUT2D eigenvalue weighted by atomic mass is 32.2. The molecule has 3 heterocycles. The van der Waals surface area contributed by atoms with Crippen LogP contribution in [0.25, 0.3) is 10.9 Å². The number of aryl methyl sites for hydroxylation is 1. The molecule has 0 spiro atoms. The second kappa shape index (κ2) is 6.44. The van der Waals surface area contributed by atoms with E-state index in [2.05, 4.69) is 15.2 Å². The molecule has 0 amide bonds. The Balaban J connectivity index is 1.69. The molecule has 1 aliphatic rings. The first kappa shape index (κ1) is 16.6. The number of nitrogens with zero attached hydrogens (tertiary/aromatic N) is 4. The largest absolute Gasteiger partial charge is 0.255 e. The molecule has 25 heavy (non-hydrogen) atoms. The van der Waals surface area contributed by atoms with Gasteiger partial charge in [-0.25, -0.2) is 8.42 Å². The molecule has 0 aliphatic carbocycles. The number of rotatable bonds is 3. The Morgan fingerprint density at radius 2 is 2.04 bits per heavy atom. The van der Waals surface area contributed by atoms with E-state index in [1.165, 1.54) is 0 Å². The highest BCUT2D eigenvalue weighted by molar-refractivity contribution is 7.89. The van der Waals surface area contributed by atoms with E-state index in [1.54, 1.807) is 34.0 Å². The lowest BCUT2D eigenvalue weighted by Gasteiger charge is -2.30. The van der Waals surface area contributed by atoms with Crippen LogP contribution in [0.2, 0.25) is 0 Å². The van der Waals surface area contributed by atoms with E-state index < -0.39 is 10.0 Å². The summed E-state index contributed by atoms with van der Waals surface area (Å²) < 4.78 is 28.0. The summed E-state index contributed by atoms with van der Waals surface area (Å²) in [6.45, 7) is 2.89. The number of fused-ring (bicyclic) bond motifs is 1. The van der Waals surface area contributed by atoms with Crippen molar-refractivity contribution in [2.75, 3.05) is 13.1 Å². The van der Waals surface area contributed by atoms with Crippen LogP contribution in [0.5, 0.6) is 0 Å². The van der Waals surface area contributed by atoms with Gasteiger partial charge in [-0.15, -0.1) is 21.5 Å². The molecule has 1 atom stereocenters. The predicted octanol–water partition coefficient (Wildman–Crippen LogP) is 2.96. The molecule has 1 fully saturated rings. The van der Waals surface area contributed by atoms with Crippen molar-refractivity contribution >= 4 is 32.3 Å². The van der Waals surface area contributed by atoms with Gasteiger partial charge in [0.25, 0.3) is 0 Å². The van der Waals surface area contributed by atoms with Crippen LogP contribution < -0.4 is 0 Å². The summed E-state index contributed by atoms with van der Waals surface area (Å²) in [5, 5.41) is 10.9. The van der Waals surface area contributed by atoms with Gasteiger partial charge in [-0.2, -0.15) is 4.31 Å². The SMILES string of the molecule is Cc1nnc(C2CCCN(S(=O)(=O)c3cccc4cccnc34)C2)s1. The van der Waals surface area contributed by atoms with Crippen molar-refractivity contribution in [2.45, 2.75) is 30.6 Å². The summed E-state index contributed by atoms with van der Waals surface area (Å²) in [5.41, 5.74) is 0.527. The summed E-state index contributed by atoms with van der Waals surface area (Å²) >= 11 is 1.55. The Kier molecular flexibility index (Phi) is 4.26. The molecule has 6 nitrogen and oxygen atoms in total. The van der Waals surface area contributed by atoms with Crippen LogP contribution >= 0.6 is 11.3 Å². The summed E-state index contributed by atoms with van der Waals surface area (Å²) in [6.07, 6.45) is 3.39. The number of aromatic nitrogens is 3. The Hall–Kier alpha value is -1.90. The van der Waals surface area contributed by atoms with Crippen molar-refractivity contribution in [3.63, 3.8) is 0 Å². The topological polar surface area (TPSA) is 76.1 Å². The third kappa shape index (κ3) is 3.05. The lowest BCUT2D eigenvalue weighted by atomic mass is 10.0. The average molecular weight is 374 g/mol. The smallest absolute Gasteiger partial charge is 0.245 e. The molecular weight excluding hydrogens is 356 g/mol. The molecular formula is C17H18N4O2S2. The second-order valence-electron chi connectivity index (χ2n) is 6.19. The van der Waals surface area contributed by atoms with Gasteiger partial charge in [-0.05, 0) is 31.9 Å². The highest BCUT2D eigenvalue weighted by Crippen LogP contribution is 2.33. The molecule has 2 aromatic heterocycles. The fourth-order valence-corrected chi connectivity index (χ4v) is 5.78. The van der Waals surface area contributed by atoms with Crippen LogP contribution in [-0.4, -0.2) is 41.0 Å². The summed E-state index contributed by atoms with van der Waals surface area (Å²) in [5.74, 6) is 0.109. The number of para-hydroxylation sites is 1. The van der Waals surface area contributed by atoms with Gasteiger partial charge in [-0.1, -0.05) is 18.2 Å². The van der Waals surface area contributed by atoms with Crippen molar-refractivity contribution in [1.29, 1.82) is 0 Å². The van der Waals surface area contributed by atoms with E-state index in [0.29, 0.717) is 18.6 Å². The zero-order chi connectivity index (χ0) is 17.4. The van der Waals surface area contributed by atoms with Gasteiger partial charge in [0.05, 0.1) is 5.52 Å². The Labute approximate surface area is 150 Å². The fraction of sp³-hybridized carbons (Fsp3) is 0.353. The predicted molar refractivity (Wildman–Crippen MR) is 97.1 cm³/mol. The van der Waals surface area contributed by atoms with E-state index in [9.17, 15) is 8.42 Å². The van der Waals surface area contributed by atoms with Crippen molar-refractivity contribution < 1.29 is 8.42 Å². The first-order valence-electron chi connectivity index (χ1n) is 8.19. The minimum absolute atomic E-state index is 0.109. The van der Waals surface area contributed by atoms with E-state index in [4.69, 9.17) is 0 Å². The standard InChI is InChI=1S/C17H18N4O2S2/c1-12-19-20-17(24-12)14-7-4-10-21(11-14)25(22,23)15-8-2-5-13-6-3-9-18-16(13)15/h2-3,5-6,8-9,14H,4,7,10-11H2,1H3. The van der Waals surface area contributed by atoms with Crippen molar-refractivity contribution in [3.8, 4) is 0 Å². The number of pyridine rings is 1. The molecule has 0 radical (unpaired) electrons. The van der Waals surface area contributed by atoms with Gasteiger partial charge < -0.3 is 0 Å². The van der Waals surface area contributed by atoms with E-state index in [-0.39, 0.29) is 10.8 Å². The molecule has 0 saturated carbocycles. The molecule has 1 aliphatic heterocycles. The van der Waals surface area contributed by atoms with Gasteiger partial charge in [0.1, 0.15) is 14.9 Å². The molecule has 0 N–H and O–H groups in total. The van der Waals surface area contributed by atoms with Crippen LogP contribution in [-0.2, 0) is 10.0 Å². The maximum Gasteiger partial charge on any atom is 0.245 e. The van der Waals surface area contributed by atoms with Crippen molar-refractivity contribution in [2.24, 2.45) is 0 Å². The van der Waals surface area contributed by atoms with Crippen LogP contribution in [0.3, 0.4) is 0 Å². The van der Waals surface area contributed by atoms with Gasteiger partial charge >= 0.3 is 0 Å². The zero-order valence-electron chi connectivity index (χ0n) is 13.8. The lowest BCUT2D eigenvalue weighted by molar-refractivity contribution is 0.315. The Morgan fingerprint density at radius 3 is 2.84 bits per heavy atom. The van der Waals surface area contributed by atoms with Gasteiger partial charge in [0.15, 0.2) is 0 Å². The minimum Gasteiger partial charge on any atom is -0.255 e.